The lowest BCUT2D eigenvalue weighted by Crippen LogP contribution is -2.29. The highest BCUT2D eigenvalue weighted by molar-refractivity contribution is 6.51. The molecule has 0 aliphatic carbocycles. The number of aliphatic hydroxyl groups excluding tert-OH is 1. The molecule has 8 nitrogen and oxygen atoms in total. The Labute approximate surface area is 228 Å². The van der Waals surface area contributed by atoms with Crippen molar-refractivity contribution in [2.75, 3.05) is 32.3 Å². The summed E-state index contributed by atoms with van der Waals surface area (Å²) in [5.41, 5.74) is 1.33. The van der Waals surface area contributed by atoms with Gasteiger partial charge in [-0.05, 0) is 54.8 Å². The molecule has 1 aliphatic heterocycles. The fourth-order valence-electron chi connectivity index (χ4n) is 4.46. The molecule has 0 spiro atoms. The Hall–Kier alpha value is -4.46. The van der Waals surface area contributed by atoms with Crippen LogP contribution in [0.3, 0.4) is 0 Å². The van der Waals surface area contributed by atoms with Gasteiger partial charge in [-0.1, -0.05) is 38.1 Å². The lowest BCUT2D eigenvalue weighted by Gasteiger charge is -2.26. The van der Waals surface area contributed by atoms with Gasteiger partial charge in [-0.15, -0.1) is 0 Å². The van der Waals surface area contributed by atoms with Gasteiger partial charge in [-0.25, -0.2) is 0 Å². The van der Waals surface area contributed by atoms with Crippen LogP contribution in [0.15, 0.2) is 72.3 Å². The van der Waals surface area contributed by atoms with E-state index < -0.39 is 17.7 Å². The minimum Gasteiger partial charge on any atom is -0.507 e. The van der Waals surface area contributed by atoms with Crippen LogP contribution in [0.5, 0.6) is 23.0 Å². The molecule has 204 valence electrons. The summed E-state index contributed by atoms with van der Waals surface area (Å²) in [4.78, 5) is 28.4. The fourth-order valence-corrected chi connectivity index (χ4v) is 4.46. The van der Waals surface area contributed by atoms with Crippen molar-refractivity contribution in [1.29, 1.82) is 0 Å². The highest BCUT2D eigenvalue weighted by Gasteiger charge is 2.47. The molecule has 1 saturated heterocycles. The van der Waals surface area contributed by atoms with E-state index in [1.165, 1.54) is 19.1 Å². The van der Waals surface area contributed by atoms with Gasteiger partial charge in [0.1, 0.15) is 17.3 Å². The lowest BCUT2D eigenvalue weighted by atomic mass is 9.94. The number of aliphatic hydroxyl groups is 1. The summed E-state index contributed by atoms with van der Waals surface area (Å²) in [7, 11) is 3.06. The van der Waals surface area contributed by atoms with E-state index in [0.717, 1.165) is 0 Å². The van der Waals surface area contributed by atoms with Crippen molar-refractivity contribution in [3.05, 3.63) is 83.4 Å². The van der Waals surface area contributed by atoms with Gasteiger partial charge in [0.2, 0.25) is 0 Å². The first-order chi connectivity index (χ1) is 18.8. The van der Waals surface area contributed by atoms with Crippen molar-refractivity contribution in [2.45, 2.75) is 26.8 Å². The molecule has 3 aromatic rings. The fraction of sp³-hybridized carbons (Fsp3) is 0.290. The summed E-state index contributed by atoms with van der Waals surface area (Å²) in [6.07, 6.45) is 0. The SMILES string of the molecule is CCOc1cc(C2/C(=C(/O)c3cccc(OCC(C)C)c3)C(=O)C(=O)N2c2cccc(OC)c2)ccc1OC. The van der Waals surface area contributed by atoms with Crippen LogP contribution in [0, 0.1) is 5.92 Å². The topological polar surface area (TPSA) is 94.5 Å². The molecule has 0 saturated carbocycles. The molecule has 0 radical (unpaired) electrons. The predicted molar refractivity (Wildman–Crippen MR) is 149 cm³/mol. The molecule has 1 fully saturated rings. The minimum atomic E-state index is -0.942. The Balaban J connectivity index is 1.91. The smallest absolute Gasteiger partial charge is 0.300 e. The minimum absolute atomic E-state index is 0.0450. The van der Waals surface area contributed by atoms with Gasteiger partial charge in [0.25, 0.3) is 11.7 Å². The zero-order valence-corrected chi connectivity index (χ0v) is 22.8. The van der Waals surface area contributed by atoms with Gasteiger partial charge in [-0.3, -0.25) is 14.5 Å². The first kappa shape index (κ1) is 27.6. The number of benzene rings is 3. The third-order valence-electron chi connectivity index (χ3n) is 6.27. The van der Waals surface area contributed by atoms with Crippen molar-refractivity contribution in [1.82, 2.24) is 0 Å². The van der Waals surface area contributed by atoms with E-state index >= 15 is 0 Å². The maximum atomic E-state index is 13.5. The number of carbonyl (C=O) groups excluding carboxylic acids is 2. The van der Waals surface area contributed by atoms with Crippen molar-refractivity contribution in [3.8, 4) is 23.0 Å². The molecular weight excluding hydrogens is 498 g/mol. The first-order valence-electron chi connectivity index (χ1n) is 12.8. The standard InChI is InChI=1S/C31H33NO7/c1-6-38-26-16-20(13-14-25(26)37-5)28-27(29(33)21-9-7-12-24(15-21)39-18-19(2)3)30(34)31(35)32(28)22-10-8-11-23(17-22)36-4/h7-17,19,28,33H,6,18H2,1-5H3/b29-27-. The Bertz CT molecular complexity index is 1400. The number of Topliss-reactive ketones (excluding diaryl/α,β-unsaturated/α-hetero) is 1. The summed E-state index contributed by atoms with van der Waals surface area (Å²) in [6.45, 7) is 6.81. The van der Waals surface area contributed by atoms with Crippen LogP contribution in [0.4, 0.5) is 5.69 Å². The van der Waals surface area contributed by atoms with Gasteiger partial charge >= 0.3 is 0 Å². The van der Waals surface area contributed by atoms with Crippen LogP contribution in [0.1, 0.15) is 37.9 Å². The maximum absolute atomic E-state index is 13.5. The second kappa shape index (κ2) is 11.9. The van der Waals surface area contributed by atoms with Crippen molar-refractivity contribution >= 4 is 23.1 Å². The number of rotatable bonds is 10. The number of amides is 1. The Morgan fingerprint density at radius 3 is 2.33 bits per heavy atom. The number of hydrogen-bond donors (Lipinski definition) is 1. The van der Waals surface area contributed by atoms with Crippen LogP contribution in [-0.2, 0) is 9.59 Å². The van der Waals surface area contributed by atoms with Gasteiger partial charge in [-0.2, -0.15) is 0 Å². The van der Waals surface area contributed by atoms with Gasteiger partial charge in [0, 0.05) is 17.3 Å². The largest absolute Gasteiger partial charge is 0.507 e. The third kappa shape index (κ3) is 5.70. The number of ketones is 1. The summed E-state index contributed by atoms with van der Waals surface area (Å²) >= 11 is 0. The van der Waals surface area contributed by atoms with Crippen LogP contribution in [0.2, 0.25) is 0 Å². The van der Waals surface area contributed by atoms with Crippen LogP contribution in [0.25, 0.3) is 5.76 Å². The molecule has 1 heterocycles. The monoisotopic (exact) mass is 531 g/mol. The zero-order valence-electron chi connectivity index (χ0n) is 22.8. The second-order valence-corrected chi connectivity index (χ2v) is 9.45. The highest BCUT2D eigenvalue weighted by Crippen LogP contribution is 2.44. The van der Waals surface area contributed by atoms with E-state index in [-0.39, 0.29) is 11.3 Å². The predicted octanol–water partition coefficient (Wildman–Crippen LogP) is 5.76. The summed E-state index contributed by atoms with van der Waals surface area (Å²) < 4.78 is 22.4. The van der Waals surface area contributed by atoms with E-state index in [4.69, 9.17) is 18.9 Å². The first-order valence-corrected chi connectivity index (χ1v) is 12.8. The average Bonchev–Trinajstić information content (AvgIpc) is 3.21. The molecule has 1 amide bonds. The molecule has 0 aromatic heterocycles. The van der Waals surface area contributed by atoms with E-state index in [1.54, 1.807) is 66.7 Å². The average molecular weight is 532 g/mol. The van der Waals surface area contributed by atoms with E-state index in [2.05, 4.69) is 0 Å². The molecule has 4 rings (SSSR count). The van der Waals surface area contributed by atoms with Gasteiger partial charge < -0.3 is 24.1 Å². The molecule has 1 atom stereocenters. The van der Waals surface area contributed by atoms with Crippen molar-refractivity contribution in [2.24, 2.45) is 5.92 Å². The molecular formula is C31H33NO7. The molecule has 8 heteroatoms. The molecule has 39 heavy (non-hydrogen) atoms. The van der Waals surface area contributed by atoms with E-state index in [0.29, 0.717) is 58.9 Å². The highest BCUT2D eigenvalue weighted by atomic mass is 16.5. The number of methoxy groups -OCH3 is 2. The van der Waals surface area contributed by atoms with Gasteiger partial charge in [0.15, 0.2) is 11.5 Å². The quantitative estimate of drug-likeness (QED) is 0.202. The number of carbonyl (C=O) groups is 2. The molecule has 1 N–H and O–H groups in total. The molecule has 1 unspecified atom stereocenters. The number of hydrogen-bond acceptors (Lipinski definition) is 7. The van der Waals surface area contributed by atoms with E-state index in [1.807, 2.05) is 20.8 Å². The van der Waals surface area contributed by atoms with Gasteiger partial charge in [0.05, 0.1) is 39.0 Å². The molecule has 3 aromatic carbocycles. The van der Waals surface area contributed by atoms with Crippen LogP contribution >= 0.6 is 0 Å². The summed E-state index contributed by atoms with van der Waals surface area (Å²) in [6, 6.07) is 18.0. The Kier molecular flexibility index (Phi) is 8.44. The third-order valence-corrected chi connectivity index (χ3v) is 6.27. The van der Waals surface area contributed by atoms with Crippen LogP contribution in [-0.4, -0.2) is 44.2 Å². The normalized spacial score (nSPS) is 16.5. The number of ether oxygens (including phenoxy) is 4. The van der Waals surface area contributed by atoms with E-state index in [9.17, 15) is 14.7 Å². The summed E-state index contributed by atoms with van der Waals surface area (Å²) in [5, 5.41) is 11.5. The maximum Gasteiger partial charge on any atom is 0.300 e. The Morgan fingerprint density at radius 2 is 1.64 bits per heavy atom. The number of nitrogens with zero attached hydrogens (tertiary/aromatic N) is 1. The van der Waals surface area contributed by atoms with Crippen molar-refractivity contribution < 1.29 is 33.6 Å². The zero-order chi connectivity index (χ0) is 28.1. The summed E-state index contributed by atoms with van der Waals surface area (Å²) in [5.74, 6) is 0.477. The van der Waals surface area contributed by atoms with Crippen LogP contribution < -0.4 is 23.8 Å². The molecule has 0 bridgehead atoms. The second-order valence-electron chi connectivity index (χ2n) is 9.45. The number of anilines is 1. The van der Waals surface area contributed by atoms with Crippen molar-refractivity contribution in [3.63, 3.8) is 0 Å². The molecule has 1 aliphatic rings. The lowest BCUT2D eigenvalue weighted by molar-refractivity contribution is -0.132. The Morgan fingerprint density at radius 1 is 0.897 bits per heavy atom.